The molecule has 2 heteroatoms. The molecule has 0 aliphatic heterocycles. The number of hydrogen-bond donors (Lipinski definition) is 0. The number of esters is 1. The van der Waals surface area contributed by atoms with Crippen LogP contribution in [0.1, 0.15) is 83.0 Å². The second-order valence-corrected chi connectivity index (χ2v) is 7.02. The molecule has 0 amide bonds. The van der Waals surface area contributed by atoms with E-state index in [-0.39, 0.29) is 12.1 Å². The van der Waals surface area contributed by atoms with Gasteiger partial charge >= 0.3 is 5.97 Å². The van der Waals surface area contributed by atoms with Crippen LogP contribution in [-0.2, 0) is 4.74 Å². The van der Waals surface area contributed by atoms with Crippen LogP contribution in [0.25, 0.3) is 0 Å². The van der Waals surface area contributed by atoms with Crippen molar-refractivity contribution in [2.24, 2.45) is 11.8 Å². The van der Waals surface area contributed by atoms with Gasteiger partial charge in [-0.3, -0.25) is 0 Å². The average Bonchev–Trinajstić information content (AvgIpc) is 2.55. The Labute approximate surface area is 142 Å². The van der Waals surface area contributed by atoms with Crippen LogP contribution in [0.15, 0.2) is 30.3 Å². The molecular formula is C21H34O2. The number of rotatable bonds is 11. The van der Waals surface area contributed by atoms with Crippen molar-refractivity contribution in [3.8, 4) is 0 Å². The summed E-state index contributed by atoms with van der Waals surface area (Å²) in [5.74, 6) is 1.12. The molecule has 0 spiro atoms. The van der Waals surface area contributed by atoms with E-state index in [4.69, 9.17) is 4.74 Å². The molecule has 1 aromatic rings. The minimum Gasteiger partial charge on any atom is -0.459 e. The van der Waals surface area contributed by atoms with E-state index in [9.17, 15) is 4.79 Å². The maximum absolute atomic E-state index is 12.3. The molecule has 0 bridgehead atoms. The summed E-state index contributed by atoms with van der Waals surface area (Å²) in [4.78, 5) is 12.3. The number of carbonyl (C=O) groups is 1. The van der Waals surface area contributed by atoms with Gasteiger partial charge in [0.15, 0.2) is 0 Å². The second kappa shape index (κ2) is 11.3. The Morgan fingerprint density at radius 3 is 2.30 bits per heavy atom. The van der Waals surface area contributed by atoms with Gasteiger partial charge in [-0.25, -0.2) is 4.79 Å². The number of carbonyl (C=O) groups excluding carboxylic acids is 1. The molecule has 0 N–H and O–H groups in total. The van der Waals surface area contributed by atoms with E-state index in [0.717, 1.165) is 25.2 Å². The molecule has 0 saturated heterocycles. The van der Waals surface area contributed by atoms with Gasteiger partial charge in [-0.05, 0) is 43.2 Å². The molecule has 0 aromatic heterocycles. The predicted octanol–water partition coefficient (Wildman–Crippen LogP) is 6.25. The normalized spacial score (nSPS) is 13.8. The van der Waals surface area contributed by atoms with Gasteiger partial charge in [0.2, 0.25) is 0 Å². The summed E-state index contributed by atoms with van der Waals surface area (Å²) in [7, 11) is 0. The van der Waals surface area contributed by atoms with Gasteiger partial charge in [0, 0.05) is 0 Å². The zero-order valence-electron chi connectivity index (χ0n) is 15.4. The molecule has 0 aliphatic rings. The highest BCUT2D eigenvalue weighted by Gasteiger charge is 2.19. The van der Waals surface area contributed by atoms with Crippen LogP contribution in [-0.4, -0.2) is 12.1 Å². The molecule has 0 unspecified atom stereocenters. The zero-order valence-corrected chi connectivity index (χ0v) is 15.4. The predicted molar refractivity (Wildman–Crippen MR) is 97.6 cm³/mol. The van der Waals surface area contributed by atoms with Crippen molar-refractivity contribution < 1.29 is 9.53 Å². The van der Waals surface area contributed by atoms with Gasteiger partial charge in [-0.15, -0.1) is 0 Å². The van der Waals surface area contributed by atoms with E-state index in [1.807, 2.05) is 30.3 Å². The Balaban J connectivity index is 2.56. The SMILES string of the molecule is CCCC[C@H](CC)CC[C@@H](CC(C)C)OC(=O)c1ccccc1. The summed E-state index contributed by atoms with van der Waals surface area (Å²) < 4.78 is 5.81. The summed E-state index contributed by atoms with van der Waals surface area (Å²) in [6.45, 7) is 8.90. The Morgan fingerprint density at radius 2 is 1.74 bits per heavy atom. The van der Waals surface area contributed by atoms with Crippen LogP contribution in [0.4, 0.5) is 0 Å². The van der Waals surface area contributed by atoms with E-state index in [0.29, 0.717) is 11.5 Å². The lowest BCUT2D eigenvalue weighted by atomic mass is 9.91. The molecule has 130 valence electrons. The van der Waals surface area contributed by atoms with Gasteiger partial charge in [0.1, 0.15) is 6.10 Å². The Hall–Kier alpha value is -1.31. The van der Waals surface area contributed by atoms with Gasteiger partial charge < -0.3 is 4.74 Å². The van der Waals surface area contributed by atoms with Crippen LogP contribution in [0.5, 0.6) is 0 Å². The van der Waals surface area contributed by atoms with E-state index in [1.54, 1.807) is 0 Å². The third kappa shape index (κ3) is 8.20. The van der Waals surface area contributed by atoms with Crippen molar-refractivity contribution in [1.29, 1.82) is 0 Å². The van der Waals surface area contributed by atoms with E-state index >= 15 is 0 Å². The van der Waals surface area contributed by atoms with E-state index in [2.05, 4.69) is 27.7 Å². The number of benzene rings is 1. The summed E-state index contributed by atoms with van der Waals surface area (Å²) >= 11 is 0. The van der Waals surface area contributed by atoms with Crippen LogP contribution >= 0.6 is 0 Å². The average molecular weight is 319 g/mol. The monoisotopic (exact) mass is 318 g/mol. The van der Waals surface area contributed by atoms with Crippen molar-refractivity contribution in [1.82, 2.24) is 0 Å². The summed E-state index contributed by atoms with van der Waals surface area (Å²) in [5, 5.41) is 0. The Kier molecular flexibility index (Phi) is 9.66. The van der Waals surface area contributed by atoms with Crippen LogP contribution < -0.4 is 0 Å². The number of unbranched alkanes of at least 4 members (excludes halogenated alkanes) is 1. The standard InChI is InChI=1S/C21H34O2/c1-5-7-11-18(6-2)14-15-20(16-17(3)4)23-21(22)19-12-9-8-10-13-19/h8-10,12-13,17-18,20H,5-7,11,14-16H2,1-4H3/t18-,20-/m0/s1. The highest BCUT2D eigenvalue weighted by Crippen LogP contribution is 2.23. The minimum atomic E-state index is -0.183. The first-order chi connectivity index (χ1) is 11.1. The smallest absolute Gasteiger partial charge is 0.338 e. The maximum Gasteiger partial charge on any atom is 0.338 e. The fourth-order valence-corrected chi connectivity index (χ4v) is 3.01. The molecule has 0 radical (unpaired) electrons. The van der Waals surface area contributed by atoms with Crippen LogP contribution in [0.2, 0.25) is 0 Å². The molecule has 0 saturated carbocycles. The molecule has 1 aromatic carbocycles. The zero-order chi connectivity index (χ0) is 17.1. The molecule has 0 fully saturated rings. The Bertz CT molecular complexity index is 425. The highest BCUT2D eigenvalue weighted by atomic mass is 16.5. The highest BCUT2D eigenvalue weighted by molar-refractivity contribution is 5.89. The van der Waals surface area contributed by atoms with E-state index in [1.165, 1.54) is 25.7 Å². The Morgan fingerprint density at radius 1 is 1.04 bits per heavy atom. The largest absolute Gasteiger partial charge is 0.459 e. The van der Waals surface area contributed by atoms with Gasteiger partial charge in [0.05, 0.1) is 5.56 Å². The molecule has 0 heterocycles. The fourth-order valence-electron chi connectivity index (χ4n) is 3.01. The van der Waals surface area contributed by atoms with Crippen molar-refractivity contribution in [2.75, 3.05) is 0 Å². The van der Waals surface area contributed by atoms with E-state index < -0.39 is 0 Å². The van der Waals surface area contributed by atoms with Crippen molar-refractivity contribution >= 4 is 5.97 Å². The lowest BCUT2D eigenvalue weighted by Gasteiger charge is -2.22. The molecule has 1 rings (SSSR count). The van der Waals surface area contributed by atoms with Gasteiger partial charge in [-0.1, -0.05) is 71.6 Å². The topological polar surface area (TPSA) is 26.3 Å². The molecule has 2 nitrogen and oxygen atoms in total. The molecular weight excluding hydrogens is 284 g/mol. The first kappa shape index (κ1) is 19.7. The number of ether oxygens (including phenoxy) is 1. The number of hydrogen-bond acceptors (Lipinski definition) is 2. The van der Waals surface area contributed by atoms with Crippen molar-refractivity contribution in [3.05, 3.63) is 35.9 Å². The first-order valence-corrected chi connectivity index (χ1v) is 9.32. The third-order valence-corrected chi connectivity index (χ3v) is 4.46. The summed E-state index contributed by atoms with van der Waals surface area (Å²) in [6.07, 6.45) is 8.22. The van der Waals surface area contributed by atoms with Gasteiger partial charge in [-0.2, -0.15) is 0 Å². The fraction of sp³-hybridized carbons (Fsp3) is 0.667. The van der Waals surface area contributed by atoms with Crippen molar-refractivity contribution in [2.45, 2.75) is 78.7 Å². The second-order valence-electron chi connectivity index (χ2n) is 7.02. The van der Waals surface area contributed by atoms with Crippen LogP contribution in [0, 0.1) is 11.8 Å². The third-order valence-electron chi connectivity index (χ3n) is 4.46. The quantitative estimate of drug-likeness (QED) is 0.450. The lowest BCUT2D eigenvalue weighted by molar-refractivity contribution is 0.0213. The van der Waals surface area contributed by atoms with Crippen LogP contribution in [0.3, 0.4) is 0 Å². The maximum atomic E-state index is 12.3. The molecule has 2 atom stereocenters. The first-order valence-electron chi connectivity index (χ1n) is 9.32. The molecule has 0 aliphatic carbocycles. The minimum absolute atomic E-state index is 0.0402. The molecule has 23 heavy (non-hydrogen) atoms. The lowest BCUT2D eigenvalue weighted by Crippen LogP contribution is -2.21. The summed E-state index contributed by atoms with van der Waals surface area (Å²) in [5.41, 5.74) is 0.652. The van der Waals surface area contributed by atoms with Crippen molar-refractivity contribution in [3.63, 3.8) is 0 Å². The van der Waals surface area contributed by atoms with Gasteiger partial charge in [0.25, 0.3) is 0 Å². The summed E-state index contributed by atoms with van der Waals surface area (Å²) in [6, 6.07) is 9.33.